The molecule has 0 aromatic heterocycles. The highest BCUT2D eigenvalue weighted by atomic mass is 14.8. The van der Waals surface area contributed by atoms with Crippen LogP contribution in [-0.2, 0) is 0 Å². The van der Waals surface area contributed by atoms with E-state index in [1.54, 1.807) is 6.08 Å². The molecule has 0 radical (unpaired) electrons. The molecule has 0 amide bonds. The van der Waals surface area contributed by atoms with E-state index in [1.807, 2.05) is 44.3 Å². The Morgan fingerprint density at radius 3 is 2.09 bits per heavy atom. The third-order valence-corrected chi connectivity index (χ3v) is 1.06. The van der Waals surface area contributed by atoms with Gasteiger partial charge in [0.1, 0.15) is 0 Å². The van der Waals surface area contributed by atoms with Crippen molar-refractivity contribution in [1.29, 1.82) is 0 Å². The topological polar surface area (TPSA) is 12.0 Å². The molecule has 1 heteroatoms. The molecule has 0 heterocycles. The minimum atomic E-state index is 0. The van der Waals surface area contributed by atoms with Gasteiger partial charge in [-0.25, -0.2) is 0 Å². The van der Waals surface area contributed by atoms with Crippen LogP contribution in [0.3, 0.4) is 0 Å². The third-order valence-electron chi connectivity index (χ3n) is 1.06. The van der Waals surface area contributed by atoms with E-state index in [1.165, 1.54) is 0 Å². The minimum Gasteiger partial charge on any atom is -0.388 e. The molecule has 1 nitrogen and oxygen atoms in total. The number of para-hydroxylation sites is 1. The molecule has 0 bridgehead atoms. The summed E-state index contributed by atoms with van der Waals surface area (Å²) in [5.41, 5.74) is 1.16. The van der Waals surface area contributed by atoms with Crippen molar-refractivity contribution in [2.45, 2.75) is 6.92 Å². The molecule has 0 aliphatic rings. The summed E-state index contributed by atoms with van der Waals surface area (Å²) < 4.78 is 0. The van der Waals surface area contributed by atoms with Crippen molar-refractivity contribution in [3.8, 4) is 0 Å². The molecule has 11 heavy (non-hydrogen) atoms. The number of benzene rings is 1. The summed E-state index contributed by atoms with van der Waals surface area (Å²) in [6.45, 7) is 5.25. The van der Waals surface area contributed by atoms with E-state index in [2.05, 4.69) is 11.9 Å². The number of rotatable bonds is 1. The molecule has 1 aromatic rings. The van der Waals surface area contributed by atoms with E-state index in [0.717, 1.165) is 5.69 Å². The average molecular weight is 151 g/mol. The number of nitrogens with one attached hydrogen (secondary N) is 1. The minimum absolute atomic E-state index is 0. The SMILES string of the molecule is C=CC.CNc1ccccc1.[HH]. The van der Waals surface area contributed by atoms with E-state index < -0.39 is 0 Å². The molecule has 0 atom stereocenters. The second-order valence-corrected chi connectivity index (χ2v) is 2.02. The molecule has 0 unspecified atom stereocenters. The summed E-state index contributed by atoms with van der Waals surface area (Å²) in [7, 11) is 1.91. The van der Waals surface area contributed by atoms with Gasteiger partial charge < -0.3 is 5.32 Å². The van der Waals surface area contributed by atoms with Gasteiger partial charge in [-0.2, -0.15) is 0 Å². The number of hydrogen-bond acceptors (Lipinski definition) is 1. The van der Waals surface area contributed by atoms with Crippen LogP contribution in [-0.4, -0.2) is 7.05 Å². The Morgan fingerprint density at radius 2 is 1.82 bits per heavy atom. The van der Waals surface area contributed by atoms with Gasteiger partial charge in [0, 0.05) is 14.2 Å². The van der Waals surface area contributed by atoms with Gasteiger partial charge in [-0.15, -0.1) is 6.58 Å². The van der Waals surface area contributed by atoms with Gasteiger partial charge in [0.05, 0.1) is 0 Å². The van der Waals surface area contributed by atoms with Crippen LogP contribution in [0, 0.1) is 0 Å². The fourth-order valence-electron chi connectivity index (χ4n) is 0.605. The van der Waals surface area contributed by atoms with Crippen LogP contribution in [0.2, 0.25) is 0 Å². The highest BCUT2D eigenvalue weighted by Gasteiger charge is 1.77. The van der Waals surface area contributed by atoms with Crippen LogP contribution < -0.4 is 5.32 Å². The van der Waals surface area contributed by atoms with Gasteiger partial charge in [-0.3, -0.25) is 0 Å². The summed E-state index contributed by atoms with van der Waals surface area (Å²) in [6.07, 6.45) is 1.75. The standard InChI is InChI=1S/C7H9N.C3H6.H2/c1-8-7-5-3-2-4-6-7;1-3-2;/h2-6,8H,1H3;3H,1H2,2H3;1H. The van der Waals surface area contributed by atoms with Crippen molar-refractivity contribution in [2.24, 2.45) is 0 Å². The monoisotopic (exact) mass is 151 g/mol. The van der Waals surface area contributed by atoms with Gasteiger partial charge in [-0.1, -0.05) is 24.3 Å². The molecule has 0 fully saturated rings. The van der Waals surface area contributed by atoms with Crippen molar-refractivity contribution in [3.05, 3.63) is 43.0 Å². The highest BCUT2D eigenvalue weighted by Crippen LogP contribution is 2.01. The second-order valence-electron chi connectivity index (χ2n) is 2.02. The van der Waals surface area contributed by atoms with Gasteiger partial charge in [0.2, 0.25) is 0 Å². The zero-order chi connectivity index (χ0) is 8.53. The number of allylic oxidation sites excluding steroid dienone is 1. The summed E-state index contributed by atoms with van der Waals surface area (Å²) in [4.78, 5) is 0. The Balaban J connectivity index is 0. The normalized spacial score (nSPS) is 7.45. The lowest BCUT2D eigenvalue weighted by Gasteiger charge is -1.94. The Morgan fingerprint density at radius 1 is 1.36 bits per heavy atom. The molecule has 0 saturated heterocycles. The molecule has 1 N–H and O–H groups in total. The van der Waals surface area contributed by atoms with Crippen molar-refractivity contribution in [1.82, 2.24) is 0 Å². The van der Waals surface area contributed by atoms with Crippen molar-refractivity contribution >= 4 is 5.69 Å². The van der Waals surface area contributed by atoms with E-state index in [-0.39, 0.29) is 1.43 Å². The number of anilines is 1. The molecule has 0 saturated carbocycles. The van der Waals surface area contributed by atoms with E-state index in [4.69, 9.17) is 0 Å². The van der Waals surface area contributed by atoms with Crippen LogP contribution >= 0.6 is 0 Å². The van der Waals surface area contributed by atoms with Crippen LogP contribution in [0.1, 0.15) is 8.35 Å². The molecule has 1 rings (SSSR count). The Bertz CT molecular complexity index is 184. The predicted octanol–water partition coefficient (Wildman–Crippen LogP) is 3.17. The van der Waals surface area contributed by atoms with Crippen molar-refractivity contribution < 1.29 is 1.43 Å². The lowest BCUT2D eigenvalue weighted by molar-refractivity contribution is 1.51. The average Bonchev–Trinajstić information content (AvgIpc) is 2.08. The molecule has 0 spiro atoms. The van der Waals surface area contributed by atoms with Crippen LogP contribution in [0.25, 0.3) is 0 Å². The van der Waals surface area contributed by atoms with Crippen LogP contribution in [0.4, 0.5) is 5.69 Å². The quantitative estimate of drug-likeness (QED) is 0.608. The zero-order valence-electron chi connectivity index (χ0n) is 7.17. The lowest BCUT2D eigenvalue weighted by Crippen LogP contribution is -1.84. The maximum atomic E-state index is 3.36. The third kappa shape index (κ3) is 5.22. The molecule has 1 aromatic carbocycles. The maximum absolute atomic E-state index is 3.36. The van der Waals surface area contributed by atoms with E-state index >= 15 is 0 Å². The van der Waals surface area contributed by atoms with Crippen LogP contribution in [0.5, 0.6) is 0 Å². The van der Waals surface area contributed by atoms with Crippen molar-refractivity contribution in [2.75, 3.05) is 12.4 Å². The molecule has 0 aliphatic heterocycles. The van der Waals surface area contributed by atoms with Crippen LogP contribution in [0.15, 0.2) is 43.0 Å². The summed E-state index contributed by atoms with van der Waals surface area (Å²) in [5, 5.41) is 3.03. The largest absolute Gasteiger partial charge is 0.388 e. The molecule has 62 valence electrons. The first-order valence-electron chi connectivity index (χ1n) is 3.65. The van der Waals surface area contributed by atoms with Gasteiger partial charge in [0.25, 0.3) is 0 Å². The molecule has 0 aliphatic carbocycles. The van der Waals surface area contributed by atoms with Gasteiger partial charge in [0.15, 0.2) is 0 Å². The zero-order valence-corrected chi connectivity index (χ0v) is 7.17. The smallest absolute Gasteiger partial charge is 0.0337 e. The summed E-state index contributed by atoms with van der Waals surface area (Å²) in [6, 6.07) is 10.1. The van der Waals surface area contributed by atoms with E-state index in [9.17, 15) is 0 Å². The fraction of sp³-hybridized carbons (Fsp3) is 0.200. The van der Waals surface area contributed by atoms with Gasteiger partial charge in [-0.05, 0) is 19.1 Å². The Kier molecular flexibility index (Phi) is 6.10. The maximum Gasteiger partial charge on any atom is 0.0337 e. The van der Waals surface area contributed by atoms with Gasteiger partial charge >= 0.3 is 0 Å². The number of hydrogen-bond donors (Lipinski definition) is 1. The second kappa shape index (κ2) is 6.87. The Labute approximate surface area is 70.2 Å². The summed E-state index contributed by atoms with van der Waals surface area (Å²) >= 11 is 0. The van der Waals surface area contributed by atoms with E-state index in [0.29, 0.717) is 0 Å². The first-order valence-corrected chi connectivity index (χ1v) is 3.65. The molecular formula is C10H17N. The lowest BCUT2D eigenvalue weighted by atomic mass is 10.3. The Hall–Kier alpha value is -1.24. The first-order chi connectivity index (χ1) is 5.35. The van der Waals surface area contributed by atoms with Crippen molar-refractivity contribution in [3.63, 3.8) is 0 Å². The molecular weight excluding hydrogens is 134 g/mol. The first kappa shape index (κ1) is 9.76. The fourth-order valence-corrected chi connectivity index (χ4v) is 0.605. The summed E-state index contributed by atoms with van der Waals surface area (Å²) in [5.74, 6) is 0. The predicted molar refractivity (Wildman–Crippen MR) is 54.0 cm³/mol. The highest BCUT2D eigenvalue weighted by molar-refractivity contribution is 5.41.